The molecule has 0 saturated heterocycles. The Labute approximate surface area is 160 Å². The summed E-state index contributed by atoms with van der Waals surface area (Å²) < 4.78 is 33.2. The van der Waals surface area contributed by atoms with Crippen LogP contribution in [0.5, 0.6) is 0 Å². The number of rotatable bonds is 8. The average molecular weight is 400 g/mol. The summed E-state index contributed by atoms with van der Waals surface area (Å²) in [4.78, 5) is 23.2. The Balaban J connectivity index is 3.28. The van der Waals surface area contributed by atoms with Crippen molar-refractivity contribution in [2.75, 3.05) is 6.54 Å². The van der Waals surface area contributed by atoms with Crippen LogP contribution in [0.2, 0.25) is 0 Å². The fourth-order valence-corrected chi connectivity index (χ4v) is 3.74. The van der Waals surface area contributed by atoms with Gasteiger partial charge in [0.25, 0.3) is 0 Å². The van der Waals surface area contributed by atoms with Gasteiger partial charge in [-0.25, -0.2) is 8.42 Å². The number of hydrogen-bond acceptors (Lipinski definition) is 6. The lowest BCUT2D eigenvalue weighted by molar-refractivity contribution is -0.490. The van der Waals surface area contributed by atoms with Crippen LogP contribution >= 0.6 is 0 Å². The van der Waals surface area contributed by atoms with E-state index in [2.05, 4.69) is 4.72 Å². The molecule has 0 spiro atoms. The average Bonchev–Trinajstić information content (AvgIpc) is 2.49. The van der Waals surface area contributed by atoms with Crippen LogP contribution < -0.4 is 4.72 Å². The van der Waals surface area contributed by atoms with E-state index in [-0.39, 0.29) is 10.8 Å². The SMILES string of the molecule is Cc1ccc(S(=O)(=O)N[C@H](C(=O)OC(C)(C)C)[C@H](C[N+](=O)[O-])C(C)C)cc1. The Hall–Kier alpha value is -2.00. The third-order valence-corrected chi connectivity index (χ3v) is 5.38. The van der Waals surface area contributed by atoms with Crippen molar-refractivity contribution in [1.82, 2.24) is 4.72 Å². The minimum absolute atomic E-state index is 0.0229. The first kappa shape index (κ1) is 23.0. The number of aryl methyl sites for hydroxylation is 1. The van der Waals surface area contributed by atoms with Crippen LogP contribution in [-0.2, 0) is 19.6 Å². The molecule has 1 N–H and O–H groups in total. The fraction of sp³-hybridized carbons (Fsp3) is 0.611. The maximum Gasteiger partial charge on any atom is 0.325 e. The second-order valence-corrected chi connectivity index (χ2v) is 9.58. The maximum absolute atomic E-state index is 12.7. The molecule has 0 aliphatic carbocycles. The number of carbonyl (C=O) groups excluding carboxylic acids is 1. The zero-order valence-electron chi connectivity index (χ0n) is 16.6. The summed E-state index contributed by atoms with van der Waals surface area (Å²) in [5, 5.41) is 11.1. The summed E-state index contributed by atoms with van der Waals surface area (Å²) in [6, 6.07) is 4.73. The van der Waals surface area contributed by atoms with Gasteiger partial charge >= 0.3 is 5.97 Å². The lowest BCUT2D eigenvalue weighted by Gasteiger charge is -2.29. The fourth-order valence-electron chi connectivity index (χ4n) is 2.50. The quantitative estimate of drug-likeness (QED) is 0.407. The molecule has 1 aromatic carbocycles. The third kappa shape index (κ3) is 7.26. The number of sulfonamides is 1. The number of nitrogens with zero attached hydrogens (tertiary/aromatic N) is 1. The Bertz CT molecular complexity index is 766. The standard InChI is InChI=1S/C18H28N2O6S/c1-12(2)15(11-20(22)23)16(17(21)26-18(4,5)6)19-27(24,25)14-9-7-13(3)8-10-14/h7-10,12,15-16,19H,11H2,1-6H3/t15-,16+/m1/s1. The summed E-state index contributed by atoms with van der Waals surface area (Å²) in [5.74, 6) is -2.03. The van der Waals surface area contributed by atoms with Crippen molar-refractivity contribution < 1.29 is 22.9 Å². The van der Waals surface area contributed by atoms with Gasteiger partial charge in [-0.2, -0.15) is 4.72 Å². The largest absolute Gasteiger partial charge is 0.459 e. The van der Waals surface area contributed by atoms with Crippen LogP contribution in [-0.4, -0.2) is 37.5 Å². The molecule has 1 aromatic rings. The van der Waals surface area contributed by atoms with Gasteiger partial charge in [0.1, 0.15) is 11.6 Å². The number of carbonyl (C=O) groups is 1. The van der Waals surface area contributed by atoms with E-state index in [0.717, 1.165) is 5.56 Å². The van der Waals surface area contributed by atoms with Gasteiger partial charge in [0.2, 0.25) is 16.6 Å². The summed E-state index contributed by atoms with van der Waals surface area (Å²) in [5.41, 5.74) is 0.0203. The van der Waals surface area contributed by atoms with Crippen molar-refractivity contribution in [3.05, 3.63) is 39.9 Å². The van der Waals surface area contributed by atoms with Gasteiger partial charge in [-0.05, 0) is 45.7 Å². The highest BCUT2D eigenvalue weighted by molar-refractivity contribution is 7.89. The van der Waals surface area contributed by atoms with E-state index in [1.54, 1.807) is 46.8 Å². The first-order valence-corrected chi connectivity index (χ1v) is 10.1. The Kier molecular flexibility index (Phi) is 7.50. The van der Waals surface area contributed by atoms with Gasteiger partial charge in [0, 0.05) is 4.92 Å². The summed E-state index contributed by atoms with van der Waals surface area (Å²) in [7, 11) is -4.06. The van der Waals surface area contributed by atoms with Crippen LogP contribution in [0.25, 0.3) is 0 Å². The molecule has 2 atom stereocenters. The molecule has 0 amide bonds. The normalized spacial score (nSPS) is 14.6. The molecule has 9 heteroatoms. The van der Waals surface area contributed by atoms with Gasteiger partial charge in [0.15, 0.2) is 0 Å². The molecule has 152 valence electrons. The van der Waals surface area contributed by atoms with Crippen molar-refractivity contribution in [1.29, 1.82) is 0 Å². The summed E-state index contributed by atoms with van der Waals surface area (Å²) >= 11 is 0. The topological polar surface area (TPSA) is 116 Å². The van der Waals surface area contributed by atoms with E-state index < -0.39 is 45.0 Å². The molecule has 0 radical (unpaired) electrons. The molecule has 0 unspecified atom stereocenters. The second kappa shape index (κ2) is 8.79. The lowest BCUT2D eigenvalue weighted by atomic mass is 9.89. The van der Waals surface area contributed by atoms with Crippen LogP contribution in [0, 0.1) is 28.9 Å². The van der Waals surface area contributed by atoms with Gasteiger partial charge < -0.3 is 4.74 Å². The molecule has 27 heavy (non-hydrogen) atoms. The molecule has 0 aromatic heterocycles. The molecule has 1 rings (SSSR count). The van der Waals surface area contributed by atoms with Crippen molar-refractivity contribution in [2.24, 2.45) is 11.8 Å². The molecule has 0 heterocycles. The monoisotopic (exact) mass is 400 g/mol. The number of esters is 1. The molecule has 0 saturated carbocycles. The summed E-state index contributed by atoms with van der Waals surface area (Å²) in [6.07, 6.45) is 0. The van der Waals surface area contributed by atoms with Gasteiger partial charge in [-0.15, -0.1) is 0 Å². The lowest BCUT2D eigenvalue weighted by Crippen LogP contribution is -2.51. The second-order valence-electron chi connectivity index (χ2n) is 7.87. The van der Waals surface area contributed by atoms with Crippen molar-refractivity contribution >= 4 is 16.0 Å². The van der Waals surface area contributed by atoms with E-state index >= 15 is 0 Å². The first-order valence-electron chi connectivity index (χ1n) is 8.66. The van der Waals surface area contributed by atoms with Gasteiger partial charge in [-0.3, -0.25) is 14.9 Å². The van der Waals surface area contributed by atoms with Crippen LogP contribution in [0.15, 0.2) is 29.2 Å². The van der Waals surface area contributed by atoms with Crippen molar-refractivity contribution in [2.45, 2.75) is 58.1 Å². The van der Waals surface area contributed by atoms with Crippen molar-refractivity contribution in [3.63, 3.8) is 0 Å². The van der Waals surface area contributed by atoms with Crippen LogP contribution in [0.1, 0.15) is 40.2 Å². The van der Waals surface area contributed by atoms with E-state index in [1.807, 2.05) is 6.92 Å². The zero-order chi connectivity index (χ0) is 21.0. The van der Waals surface area contributed by atoms with Crippen LogP contribution in [0.4, 0.5) is 0 Å². The third-order valence-electron chi connectivity index (χ3n) is 3.92. The highest BCUT2D eigenvalue weighted by Crippen LogP contribution is 2.22. The smallest absolute Gasteiger partial charge is 0.325 e. The minimum Gasteiger partial charge on any atom is -0.459 e. The maximum atomic E-state index is 12.7. The number of ether oxygens (including phenoxy) is 1. The summed E-state index contributed by atoms with van der Waals surface area (Å²) in [6.45, 7) is 9.60. The van der Waals surface area contributed by atoms with Crippen LogP contribution in [0.3, 0.4) is 0 Å². The molecular formula is C18H28N2O6S. The van der Waals surface area contributed by atoms with E-state index in [9.17, 15) is 23.3 Å². The van der Waals surface area contributed by atoms with Gasteiger partial charge in [0.05, 0.1) is 10.8 Å². The highest BCUT2D eigenvalue weighted by atomic mass is 32.2. The minimum atomic E-state index is -4.06. The molecule has 0 aliphatic heterocycles. The Morgan fingerprint density at radius 1 is 1.22 bits per heavy atom. The molecule has 0 aliphatic rings. The zero-order valence-corrected chi connectivity index (χ0v) is 17.4. The molecule has 8 nitrogen and oxygen atoms in total. The number of benzene rings is 1. The number of nitro groups is 1. The first-order chi connectivity index (χ1) is 12.2. The Morgan fingerprint density at radius 3 is 2.15 bits per heavy atom. The predicted octanol–water partition coefficient (Wildman–Crippen LogP) is 2.53. The van der Waals surface area contributed by atoms with E-state index in [1.165, 1.54) is 12.1 Å². The van der Waals surface area contributed by atoms with E-state index in [0.29, 0.717) is 0 Å². The molecule has 0 fully saturated rings. The predicted molar refractivity (Wildman–Crippen MR) is 101 cm³/mol. The number of nitrogens with one attached hydrogen (secondary N) is 1. The molecule has 0 bridgehead atoms. The molecular weight excluding hydrogens is 372 g/mol. The van der Waals surface area contributed by atoms with Gasteiger partial charge in [-0.1, -0.05) is 31.5 Å². The van der Waals surface area contributed by atoms with E-state index in [4.69, 9.17) is 4.74 Å². The number of hydrogen-bond donors (Lipinski definition) is 1. The highest BCUT2D eigenvalue weighted by Gasteiger charge is 2.40. The van der Waals surface area contributed by atoms with Crippen molar-refractivity contribution in [3.8, 4) is 0 Å². The Morgan fingerprint density at radius 2 is 1.74 bits per heavy atom.